The number of hydrogen-bond acceptors (Lipinski definition) is 3. The molecule has 0 heterocycles. The van der Waals surface area contributed by atoms with Crippen LogP contribution in [0.3, 0.4) is 0 Å². The molecule has 0 aromatic carbocycles. The SMILES string of the molecule is CCCN(C(=O)CNC1CCCCC1)[C@@H](CC)C(C)=O. The molecule has 0 aromatic rings. The Morgan fingerprint density at radius 3 is 2.35 bits per heavy atom. The number of nitrogens with one attached hydrogen (secondary N) is 1. The Labute approximate surface area is 123 Å². The van der Waals surface area contributed by atoms with Crippen LogP contribution in [0.2, 0.25) is 0 Å². The second-order valence-electron chi connectivity index (χ2n) is 5.84. The van der Waals surface area contributed by atoms with Crippen LogP contribution >= 0.6 is 0 Å². The highest BCUT2D eigenvalue weighted by molar-refractivity contribution is 5.88. The first-order valence-electron chi connectivity index (χ1n) is 8.13. The fraction of sp³-hybridized carbons (Fsp3) is 0.875. The molecule has 0 bridgehead atoms. The van der Waals surface area contributed by atoms with E-state index in [0.717, 1.165) is 6.42 Å². The molecule has 20 heavy (non-hydrogen) atoms. The first-order valence-corrected chi connectivity index (χ1v) is 8.13. The lowest BCUT2D eigenvalue weighted by Gasteiger charge is -2.30. The van der Waals surface area contributed by atoms with Crippen molar-refractivity contribution in [2.24, 2.45) is 0 Å². The van der Waals surface area contributed by atoms with Crippen molar-refractivity contribution in [2.45, 2.75) is 77.8 Å². The predicted molar refractivity (Wildman–Crippen MR) is 81.6 cm³/mol. The number of carbonyl (C=O) groups is 2. The lowest BCUT2D eigenvalue weighted by atomic mass is 9.95. The van der Waals surface area contributed by atoms with E-state index >= 15 is 0 Å². The summed E-state index contributed by atoms with van der Waals surface area (Å²) in [5, 5.41) is 3.38. The summed E-state index contributed by atoms with van der Waals surface area (Å²) < 4.78 is 0. The van der Waals surface area contributed by atoms with Gasteiger partial charge in [0.2, 0.25) is 5.91 Å². The van der Waals surface area contributed by atoms with Crippen molar-refractivity contribution < 1.29 is 9.59 Å². The summed E-state index contributed by atoms with van der Waals surface area (Å²) in [5.74, 6) is 0.159. The molecule has 1 atom stereocenters. The quantitative estimate of drug-likeness (QED) is 0.744. The highest BCUT2D eigenvalue weighted by atomic mass is 16.2. The number of Topliss-reactive ketones (excluding diaryl/α,β-unsaturated/α-hetero) is 1. The van der Waals surface area contributed by atoms with Crippen molar-refractivity contribution in [2.75, 3.05) is 13.1 Å². The van der Waals surface area contributed by atoms with Gasteiger partial charge in [-0.1, -0.05) is 33.1 Å². The van der Waals surface area contributed by atoms with E-state index in [-0.39, 0.29) is 17.7 Å². The van der Waals surface area contributed by atoms with Crippen LogP contribution in [0.25, 0.3) is 0 Å². The Morgan fingerprint density at radius 1 is 1.20 bits per heavy atom. The molecule has 1 amide bonds. The molecular weight excluding hydrogens is 252 g/mol. The van der Waals surface area contributed by atoms with Gasteiger partial charge in [-0.25, -0.2) is 0 Å². The van der Waals surface area contributed by atoms with Gasteiger partial charge in [0.15, 0.2) is 5.78 Å². The van der Waals surface area contributed by atoms with Gasteiger partial charge < -0.3 is 10.2 Å². The minimum Gasteiger partial charge on any atom is -0.332 e. The summed E-state index contributed by atoms with van der Waals surface area (Å²) in [4.78, 5) is 25.8. The molecule has 1 aliphatic rings. The van der Waals surface area contributed by atoms with Gasteiger partial charge in [0.05, 0.1) is 12.6 Å². The van der Waals surface area contributed by atoms with Crippen molar-refractivity contribution in [1.29, 1.82) is 0 Å². The maximum atomic E-state index is 12.4. The predicted octanol–water partition coefficient (Wildman–Crippen LogP) is 2.51. The number of amides is 1. The van der Waals surface area contributed by atoms with Gasteiger partial charge >= 0.3 is 0 Å². The molecule has 0 unspecified atom stereocenters. The number of hydrogen-bond donors (Lipinski definition) is 1. The van der Waals surface area contributed by atoms with Crippen LogP contribution in [-0.2, 0) is 9.59 Å². The van der Waals surface area contributed by atoms with Gasteiger partial charge in [0.1, 0.15) is 0 Å². The van der Waals surface area contributed by atoms with Gasteiger partial charge in [-0.05, 0) is 32.6 Å². The minimum absolute atomic E-state index is 0.0690. The van der Waals surface area contributed by atoms with Crippen molar-refractivity contribution in [3.63, 3.8) is 0 Å². The normalized spacial score (nSPS) is 17.8. The zero-order chi connectivity index (χ0) is 15.0. The Bertz CT molecular complexity index is 312. The monoisotopic (exact) mass is 282 g/mol. The number of ketones is 1. The lowest BCUT2D eigenvalue weighted by molar-refractivity contribution is -0.138. The van der Waals surface area contributed by atoms with Crippen LogP contribution < -0.4 is 5.32 Å². The van der Waals surface area contributed by atoms with Crippen molar-refractivity contribution in [3.05, 3.63) is 0 Å². The standard InChI is InChI=1S/C16H30N2O2/c1-4-11-18(15(5-2)13(3)19)16(20)12-17-14-9-7-6-8-10-14/h14-15,17H,4-12H2,1-3H3/t15-/m0/s1. The summed E-state index contributed by atoms with van der Waals surface area (Å²) in [5.41, 5.74) is 0. The second-order valence-corrected chi connectivity index (χ2v) is 5.84. The first-order chi connectivity index (χ1) is 9.60. The number of rotatable bonds is 8. The van der Waals surface area contributed by atoms with E-state index in [9.17, 15) is 9.59 Å². The van der Waals surface area contributed by atoms with E-state index in [4.69, 9.17) is 0 Å². The summed E-state index contributed by atoms with van der Waals surface area (Å²) in [7, 11) is 0. The fourth-order valence-corrected chi connectivity index (χ4v) is 3.06. The molecule has 1 rings (SSSR count). The third-order valence-electron chi connectivity index (χ3n) is 4.16. The smallest absolute Gasteiger partial charge is 0.237 e. The number of carbonyl (C=O) groups excluding carboxylic acids is 2. The van der Waals surface area contributed by atoms with Gasteiger partial charge in [-0.15, -0.1) is 0 Å². The molecular formula is C16H30N2O2. The Balaban J connectivity index is 2.52. The third-order valence-corrected chi connectivity index (χ3v) is 4.16. The molecule has 4 nitrogen and oxygen atoms in total. The van der Waals surface area contributed by atoms with Crippen LogP contribution in [0.5, 0.6) is 0 Å². The first kappa shape index (κ1) is 17.2. The molecule has 1 aliphatic carbocycles. The van der Waals surface area contributed by atoms with Gasteiger partial charge in [0, 0.05) is 12.6 Å². The minimum atomic E-state index is -0.254. The molecule has 1 fully saturated rings. The van der Waals surface area contributed by atoms with Gasteiger partial charge in [0.25, 0.3) is 0 Å². The average molecular weight is 282 g/mol. The fourth-order valence-electron chi connectivity index (χ4n) is 3.06. The Kier molecular flexibility index (Phi) is 7.82. The molecule has 0 aromatic heterocycles. The number of nitrogens with zero attached hydrogens (tertiary/aromatic N) is 1. The molecule has 116 valence electrons. The van der Waals surface area contributed by atoms with Crippen LogP contribution in [0.4, 0.5) is 0 Å². The summed E-state index contributed by atoms with van der Waals surface area (Å²) >= 11 is 0. The zero-order valence-corrected chi connectivity index (χ0v) is 13.3. The van der Waals surface area contributed by atoms with E-state index < -0.39 is 0 Å². The van der Waals surface area contributed by atoms with Crippen LogP contribution in [0.1, 0.15) is 65.7 Å². The highest BCUT2D eigenvalue weighted by Crippen LogP contribution is 2.17. The second kappa shape index (κ2) is 9.11. The van der Waals surface area contributed by atoms with E-state index in [1.807, 2.05) is 13.8 Å². The van der Waals surface area contributed by atoms with E-state index in [0.29, 0.717) is 25.6 Å². The summed E-state index contributed by atoms with van der Waals surface area (Å²) in [6.45, 7) is 6.63. The van der Waals surface area contributed by atoms with Crippen LogP contribution in [0, 0.1) is 0 Å². The Morgan fingerprint density at radius 2 is 1.85 bits per heavy atom. The van der Waals surface area contributed by atoms with Crippen molar-refractivity contribution in [3.8, 4) is 0 Å². The Hall–Kier alpha value is -0.900. The van der Waals surface area contributed by atoms with Gasteiger partial charge in [-0.3, -0.25) is 9.59 Å². The zero-order valence-electron chi connectivity index (χ0n) is 13.3. The average Bonchev–Trinajstić information content (AvgIpc) is 2.45. The molecule has 4 heteroatoms. The van der Waals surface area contributed by atoms with Crippen molar-refractivity contribution >= 4 is 11.7 Å². The topological polar surface area (TPSA) is 49.4 Å². The molecule has 1 N–H and O–H groups in total. The largest absolute Gasteiger partial charge is 0.332 e. The maximum absolute atomic E-state index is 12.4. The third kappa shape index (κ3) is 5.23. The van der Waals surface area contributed by atoms with E-state index in [1.165, 1.54) is 32.1 Å². The van der Waals surface area contributed by atoms with Crippen LogP contribution in [0.15, 0.2) is 0 Å². The maximum Gasteiger partial charge on any atom is 0.237 e. The van der Waals surface area contributed by atoms with E-state index in [1.54, 1.807) is 11.8 Å². The summed E-state index contributed by atoms with van der Waals surface area (Å²) in [6.07, 6.45) is 7.76. The molecule has 0 saturated heterocycles. The van der Waals surface area contributed by atoms with E-state index in [2.05, 4.69) is 5.32 Å². The summed E-state index contributed by atoms with van der Waals surface area (Å²) in [6, 6.07) is 0.226. The van der Waals surface area contributed by atoms with Crippen LogP contribution in [-0.4, -0.2) is 41.8 Å². The molecule has 0 radical (unpaired) electrons. The molecule has 0 spiro atoms. The molecule has 0 aliphatic heterocycles. The van der Waals surface area contributed by atoms with Gasteiger partial charge in [-0.2, -0.15) is 0 Å². The molecule has 1 saturated carbocycles. The lowest BCUT2D eigenvalue weighted by Crippen LogP contribution is -2.49. The highest BCUT2D eigenvalue weighted by Gasteiger charge is 2.25. The van der Waals surface area contributed by atoms with Crippen molar-refractivity contribution in [1.82, 2.24) is 10.2 Å².